The second kappa shape index (κ2) is 8.48. The van der Waals surface area contributed by atoms with Crippen LogP contribution in [0.3, 0.4) is 0 Å². The van der Waals surface area contributed by atoms with Crippen LogP contribution in [0.4, 0.5) is 11.4 Å². The Morgan fingerprint density at radius 2 is 2.03 bits per heavy atom. The van der Waals surface area contributed by atoms with Crippen molar-refractivity contribution in [1.82, 2.24) is 9.78 Å². The van der Waals surface area contributed by atoms with Crippen LogP contribution in [0.2, 0.25) is 0 Å². The predicted molar refractivity (Wildman–Crippen MR) is 115 cm³/mol. The highest BCUT2D eigenvalue weighted by atomic mass is 32.1. The first-order chi connectivity index (χ1) is 13.8. The molecule has 0 bridgehead atoms. The molecule has 1 amide bonds. The summed E-state index contributed by atoms with van der Waals surface area (Å²) in [6, 6.07) is 8.48. The van der Waals surface area contributed by atoms with Gasteiger partial charge in [0, 0.05) is 32.0 Å². The molecule has 0 aliphatic heterocycles. The van der Waals surface area contributed by atoms with Crippen LogP contribution in [0.25, 0.3) is 0 Å². The Balaban J connectivity index is 1.77. The quantitative estimate of drug-likeness (QED) is 0.617. The van der Waals surface area contributed by atoms with Gasteiger partial charge in [0.2, 0.25) is 0 Å². The summed E-state index contributed by atoms with van der Waals surface area (Å²) in [6.45, 7) is 4.66. The average Bonchev–Trinajstić information content (AvgIpc) is 3.29. The average molecular weight is 413 g/mol. The summed E-state index contributed by atoms with van der Waals surface area (Å²) in [6.07, 6.45) is 0.762. The fourth-order valence-corrected chi connectivity index (χ4v) is 3.92. The lowest BCUT2D eigenvalue weighted by Gasteiger charge is -2.22. The molecule has 152 valence electrons. The fraction of sp³-hybridized carbons (Fsp3) is 0.286. The monoisotopic (exact) mass is 412 g/mol. The molecule has 7 nitrogen and oxygen atoms in total. The third-order valence-corrected chi connectivity index (χ3v) is 5.87. The first-order valence-electron chi connectivity index (χ1n) is 9.20. The number of carboxylic acids is 1. The molecule has 3 aromatic rings. The molecule has 0 spiro atoms. The second-order valence-electron chi connectivity index (χ2n) is 6.91. The molecule has 2 heterocycles. The number of carboxylic acid groups (broad SMARTS) is 1. The van der Waals surface area contributed by atoms with Crippen molar-refractivity contribution in [3.8, 4) is 0 Å². The number of likely N-dealkylation sites (N-methyl/N-ethyl adjacent to an activating group) is 1. The number of hydrogen-bond acceptors (Lipinski definition) is 5. The van der Waals surface area contributed by atoms with E-state index in [9.17, 15) is 14.7 Å². The SMILES string of the molecule is Cc1nn(C)c(C)c1CCN(C)c1ccc(NC(=O)c2cccs2)cc1C(=O)O. The Labute approximate surface area is 173 Å². The second-order valence-corrected chi connectivity index (χ2v) is 7.86. The summed E-state index contributed by atoms with van der Waals surface area (Å²) in [4.78, 5) is 26.6. The summed E-state index contributed by atoms with van der Waals surface area (Å²) in [7, 11) is 3.79. The number of nitrogens with one attached hydrogen (secondary N) is 1. The van der Waals surface area contributed by atoms with Gasteiger partial charge in [-0.2, -0.15) is 5.10 Å². The maximum Gasteiger partial charge on any atom is 0.337 e. The standard InChI is InChI=1S/C21H24N4O3S/c1-13-16(14(2)25(4)23-13)9-10-24(3)18-8-7-15(12-17(18)21(27)28)22-20(26)19-6-5-11-29-19/h5-8,11-12H,9-10H2,1-4H3,(H,22,26)(H,27,28). The summed E-state index contributed by atoms with van der Waals surface area (Å²) >= 11 is 1.33. The van der Waals surface area contributed by atoms with Crippen molar-refractivity contribution in [2.24, 2.45) is 7.05 Å². The van der Waals surface area contributed by atoms with Crippen LogP contribution in [0.15, 0.2) is 35.7 Å². The van der Waals surface area contributed by atoms with E-state index in [0.717, 1.165) is 17.8 Å². The van der Waals surface area contributed by atoms with E-state index >= 15 is 0 Å². The molecule has 3 rings (SSSR count). The maximum atomic E-state index is 12.2. The Bertz CT molecular complexity index is 1040. The van der Waals surface area contributed by atoms with E-state index in [0.29, 0.717) is 22.8 Å². The van der Waals surface area contributed by atoms with Gasteiger partial charge in [-0.3, -0.25) is 9.48 Å². The highest BCUT2D eigenvalue weighted by Gasteiger charge is 2.17. The van der Waals surface area contributed by atoms with Gasteiger partial charge in [0.1, 0.15) is 0 Å². The maximum absolute atomic E-state index is 12.2. The number of aromatic nitrogens is 2. The number of amides is 1. The molecule has 2 N–H and O–H groups in total. The van der Waals surface area contributed by atoms with E-state index in [-0.39, 0.29) is 11.5 Å². The third-order valence-electron chi connectivity index (χ3n) is 5.00. The lowest BCUT2D eigenvalue weighted by atomic mass is 10.1. The molecule has 0 aliphatic carbocycles. The van der Waals surface area contributed by atoms with Gasteiger partial charge in [0.05, 0.1) is 21.8 Å². The summed E-state index contributed by atoms with van der Waals surface area (Å²) in [5.41, 5.74) is 4.49. The minimum atomic E-state index is -1.03. The summed E-state index contributed by atoms with van der Waals surface area (Å²) in [5, 5.41) is 18.7. The Hall–Kier alpha value is -3.13. The van der Waals surface area contributed by atoms with E-state index < -0.39 is 5.97 Å². The highest BCUT2D eigenvalue weighted by Crippen LogP contribution is 2.25. The van der Waals surface area contributed by atoms with Gasteiger partial charge in [-0.25, -0.2) is 4.79 Å². The topological polar surface area (TPSA) is 87.5 Å². The summed E-state index contributed by atoms with van der Waals surface area (Å²) < 4.78 is 1.86. The van der Waals surface area contributed by atoms with Gasteiger partial charge in [-0.05, 0) is 55.5 Å². The molecule has 0 aliphatic rings. The van der Waals surface area contributed by atoms with Crippen LogP contribution in [0.5, 0.6) is 0 Å². The number of thiophene rings is 1. The molecule has 29 heavy (non-hydrogen) atoms. The van der Waals surface area contributed by atoms with Gasteiger partial charge >= 0.3 is 5.97 Å². The first kappa shape index (κ1) is 20.6. The zero-order valence-corrected chi connectivity index (χ0v) is 17.7. The number of aromatic carboxylic acids is 1. The van der Waals surface area contributed by atoms with E-state index in [1.807, 2.05) is 42.9 Å². The summed E-state index contributed by atoms with van der Waals surface area (Å²) in [5.74, 6) is -1.28. The molecule has 0 atom stereocenters. The number of benzene rings is 1. The molecule has 8 heteroatoms. The van der Waals surface area contributed by atoms with Gasteiger partial charge in [0.25, 0.3) is 5.91 Å². The van der Waals surface area contributed by atoms with E-state index in [1.165, 1.54) is 23.0 Å². The van der Waals surface area contributed by atoms with Crippen LogP contribution in [0.1, 0.15) is 37.0 Å². The molecule has 0 saturated heterocycles. The molecule has 0 saturated carbocycles. The number of aryl methyl sites for hydroxylation is 2. The van der Waals surface area contributed by atoms with E-state index in [1.54, 1.807) is 24.3 Å². The van der Waals surface area contributed by atoms with Gasteiger partial charge in [0.15, 0.2) is 0 Å². The van der Waals surface area contributed by atoms with Crippen LogP contribution in [-0.4, -0.2) is 40.4 Å². The zero-order valence-electron chi connectivity index (χ0n) is 16.9. The van der Waals surface area contributed by atoms with Crippen molar-refractivity contribution >= 4 is 34.6 Å². The van der Waals surface area contributed by atoms with Gasteiger partial charge < -0.3 is 15.3 Å². The number of rotatable bonds is 7. The van der Waals surface area contributed by atoms with Gasteiger partial charge in [-0.15, -0.1) is 11.3 Å². The third kappa shape index (κ3) is 4.48. The molecular weight excluding hydrogens is 388 g/mol. The Morgan fingerprint density at radius 3 is 2.62 bits per heavy atom. The molecule has 0 fully saturated rings. The number of nitrogens with zero attached hydrogens (tertiary/aromatic N) is 3. The first-order valence-corrected chi connectivity index (χ1v) is 10.1. The van der Waals surface area contributed by atoms with Crippen molar-refractivity contribution in [3.63, 3.8) is 0 Å². The van der Waals surface area contributed by atoms with Crippen molar-refractivity contribution in [3.05, 3.63) is 63.1 Å². The van der Waals surface area contributed by atoms with Crippen LogP contribution in [-0.2, 0) is 13.5 Å². The smallest absolute Gasteiger partial charge is 0.337 e. The highest BCUT2D eigenvalue weighted by molar-refractivity contribution is 7.12. The Morgan fingerprint density at radius 1 is 1.28 bits per heavy atom. The molecule has 2 aromatic heterocycles. The molecule has 1 aromatic carbocycles. The predicted octanol–water partition coefficient (Wildman–Crippen LogP) is 3.73. The van der Waals surface area contributed by atoms with Crippen molar-refractivity contribution < 1.29 is 14.7 Å². The molecule has 0 unspecified atom stereocenters. The van der Waals surface area contributed by atoms with Crippen LogP contribution in [0, 0.1) is 13.8 Å². The number of carbonyl (C=O) groups is 2. The zero-order chi connectivity index (χ0) is 21.1. The minimum absolute atomic E-state index is 0.149. The van der Waals surface area contributed by atoms with Gasteiger partial charge in [-0.1, -0.05) is 6.07 Å². The number of hydrogen-bond donors (Lipinski definition) is 2. The lowest BCUT2D eigenvalue weighted by molar-refractivity contribution is 0.0697. The van der Waals surface area contributed by atoms with Crippen LogP contribution < -0.4 is 10.2 Å². The molecular formula is C21H24N4O3S. The number of anilines is 2. The van der Waals surface area contributed by atoms with Crippen molar-refractivity contribution in [2.45, 2.75) is 20.3 Å². The van der Waals surface area contributed by atoms with Crippen molar-refractivity contribution in [2.75, 3.05) is 23.8 Å². The van der Waals surface area contributed by atoms with E-state index in [4.69, 9.17) is 0 Å². The number of carbonyl (C=O) groups excluding carboxylic acids is 1. The fourth-order valence-electron chi connectivity index (χ4n) is 3.30. The lowest BCUT2D eigenvalue weighted by Crippen LogP contribution is -2.23. The van der Waals surface area contributed by atoms with E-state index in [2.05, 4.69) is 10.4 Å². The largest absolute Gasteiger partial charge is 0.478 e. The van der Waals surface area contributed by atoms with Crippen molar-refractivity contribution in [1.29, 1.82) is 0 Å². The van der Waals surface area contributed by atoms with Crippen LogP contribution >= 0.6 is 11.3 Å². The molecule has 0 radical (unpaired) electrons. The normalized spacial score (nSPS) is 10.8. The Kier molecular flexibility index (Phi) is 6.03. The minimum Gasteiger partial charge on any atom is -0.478 e.